The van der Waals surface area contributed by atoms with E-state index in [0.29, 0.717) is 0 Å². The van der Waals surface area contributed by atoms with Crippen LogP contribution in [0, 0.1) is 0 Å². The van der Waals surface area contributed by atoms with Crippen LogP contribution in [-0.2, 0) is 0 Å². The minimum Gasteiger partial charge on any atom is -0.0868 e. The molecule has 0 saturated heterocycles. The van der Waals surface area contributed by atoms with Gasteiger partial charge in [0.05, 0.1) is 0 Å². The molecular formula is C7H14P. The van der Waals surface area contributed by atoms with Crippen molar-refractivity contribution in [3.8, 4) is 0 Å². The van der Waals surface area contributed by atoms with Gasteiger partial charge in [0.2, 0.25) is 0 Å². The van der Waals surface area contributed by atoms with Gasteiger partial charge in [0.1, 0.15) is 0 Å². The first-order chi connectivity index (χ1) is 3.91. The molecule has 0 unspecified atom stereocenters. The number of hydrogen-bond donors (Lipinski definition) is 0. The average molecular weight is 129 g/mol. The van der Waals surface area contributed by atoms with Crippen molar-refractivity contribution in [3.63, 3.8) is 0 Å². The molecule has 0 rings (SSSR count). The van der Waals surface area contributed by atoms with E-state index in [9.17, 15) is 0 Å². The summed E-state index contributed by atoms with van der Waals surface area (Å²) in [7, 11) is 1.48. The lowest BCUT2D eigenvalue weighted by atomic mass is 10.4. The molecule has 0 N–H and O–H groups in total. The Morgan fingerprint density at radius 1 is 1.50 bits per heavy atom. The van der Waals surface area contributed by atoms with Crippen molar-refractivity contribution >= 4 is 8.58 Å². The number of unbranched alkanes of at least 4 members (excludes halogenated alkanes) is 1. The Kier molecular flexibility index (Phi) is 7.32. The van der Waals surface area contributed by atoms with Crippen molar-refractivity contribution in [1.29, 1.82) is 0 Å². The zero-order valence-electron chi connectivity index (χ0n) is 5.72. The normalized spacial score (nSPS) is 12.2. The lowest BCUT2D eigenvalue weighted by Crippen LogP contribution is -1.69. The number of hydrogen-bond acceptors (Lipinski definition) is 0. The van der Waals surface area contributed by atoms with Crippen LogP contribution in [0.5, 0.6) is 0 Å². The summed E-state index contributed by atoms with van der Waals surface area (Å²) in [6.07, 6.45) is 6.13. The molecule has 0 atom stereocenters. The van der Waals surface area contributed by atoms with Gasteiger partial charge in [-0.1, -0.05) is 33.8 Å². The number of allylic oxidation sites excluding steroid dienone is 1. The van der Waals surface area contributed by atoms with Crippen molar-refractivity contribution < 1.29 is 0 Å². The molecule has 0 spiro atoms. The van der Waals surface area contributed by atoms with Crippen LogP contribution in [0.3, 0.4) is 0 Å². The van der Waals surface area contributed by atoms with Crippen molar-refractivity contribution in [1.82, 2.24) is 0 Å². The highest BCUT2D eigenvalue weighted by Crippen LogP contribution is 2.12. The summed E-state index contributed by atoms with van der Waals surface area (Å²) in [6, 6.07) is 0. The van der Waals surface area contributed by atoms with E-state index in [4.69, 9.17) is 0 Å². The fourth-order valence-electron chi connectivity index (χ4n) is 0.429. The van der Waals surface area contributed by atoms with Crippen LogP contribution >= 0.6 is 8.58 Å². The molecule has 0 amide bonds. The fourth-order valence-corrected chi connectivity index (χ4v) is 1.29. The summed E-state index contributed by atoms with van der Waals surface area (Å²) in [5.41, 5.74) is 0. The molecule has 8 heavy (non-hydrogen) atoms. The van der Waals surface area contributed by atoms with E-state index >= 15 is 0 Å². The third-order valence-corrected chi connectivity index (χ3v) is 1.98. The van der Waals surface area contributed by atoms with Crippen molar-refractivity contribution in [3.05, 3.63) is 11.9 Å². The predicted octanol–water partition coefficient (Wildman–Crippen LogP) is 3.27. The minimum absolute atomic E-state index is 1.32. The van der Waals surface area contributed by atoms with E-state index in [1.54, 1.807) is 0 Å². The molecule has 0 heterocycles. The average Bonchev–Trinajstić information content (AvgIpc) is 1.81. The highest BCUT2D eigenvalue weighted by atomic mass is 31.1. The summed E-state index contributed by atoms with van der Waals surface area (Å²) < 4.78 is 0. The van der Waals surface area contributed by atoms with E-state index in [2.05, 4.69) is 25.7 Å². The van der Waals surface area contributed by atoms with Gasteiger partial charge in [-0.15, -0.1) is 0 Å². The van der Waals surface area contributed by atoms with Gasteiger partial charge in [0, 0.05) is 0 Å². The van der Waals surface area contributed by atoms with Crippen LogP contribution < -0.4 is 0 Å². The third kappa shape index (κ3) is 6.17. The van der Waals surface area contributed by atoms with Gasteiger partial charge in [-0.3, -0.25) is 0 Å². The van der Waals surface area contributed by atoms with Gasteiger partial charge in [-0.25, -0.2) is 0 Å². The van der Waals surface area contributed by atoms with Crippen LogP contribution in [0.15, 0.2) is 11.9 Å². The Morgan fingerprint density at radius 2 is 2.25 bits per heavy atom. The van der Waals surface area contributed by atoms with Crippen LogP contribution in [0.25, 0.3) is 0 Å². The van der Waals surface area contributed by atoms with Crippen molar-refractivity contribution in [2.45, 2.75) is 26.7 Å². The van der Waals surface area contributed by atoms with Crippen LogP contribution in [0.1, 0.15) is 26.7 Å². The van der Waals surface area contributed by atoms with Gasteiger partial charge in [0.25, 0.3) is 0 Å². The molecule has 0 aromatic rings. The smallest absolute Gasteiger partial charge is 0.0250 e. The Bertz CT molecular complexity index is 57.4. The molecular weight excluding hydrogens is 115 g/mol. The van der Waals surface area contributed by atoms with Crippen LogP contribution in [0.2, 0.25) is 0 Å². The van der Waals surface area contributed by atoms with Gasteiger partial charge in [0.15, 0.2) is 0 Å². The zero-order chi connectivity index (χ0) is 6.24. The van der Waals surface area contributed by atoms with Gasteiger partial charge in [-0.05, 0) is 19.5 Å². The maximum absolute atomic E-state index is 2.23. The molecule has 0 aliphatic carbocycles. The largest absolute Gasteiger partial charge is 0.0868 e. The predicted molar refractivity (Wildman–Crippen MR) is 41.5 cm³/mol. The fraction of sp³-hybridized carbons (Fsp3) is 0.714. The molecule has 0 aromatic carbocycles. The maximum atomic E-state index is 2.23. The molecule has 0 bridgehead atoms. The van der Waals surface area contributed by atoms with Gasteiger partial charge in [-0.2, -0.15) is 0 Å². The summed E-state index contributed by atoms with van der Waals surface area (Å²) in [4.78, 5) is 0. The van der Waals surface area contributed by atoms with E-state index < -0.39 is 0 Å². The SMILES string of the molecule is CC=C[P]CCCC. The van der Waals surface area contributed by atoms with Crippen LogP contribution in [-0.4, -0.2) is 6.16 Å². The second-order valence-corrected chi connectivity index (χ2v) is 2.85. The first-order valence-corrected chi connectivity index (χ1v) is 4.34. The minimum atomic E-state index is 1.32. The van der Waals surface area contributed by atoms with Crippen molar-refractivity contribution in [2.24, 2.45) is 0 Å². The van der Waals surface area contributed by atoms with E-state index in [1.165, 1.54) is 27.6 Å². The monoisotopic (exact) mass is 129 g/mol. The third-order valence-electron chi connectivity index (χ3n) is 0.895. The second-order valence-electron chi connectivity index (χ2n) is 1.74. The molecule has 0 aliphatic heterocycles. The lowest BCUT2D eigenvalue weighted by molar-refractivity contribution is 0.895. The molecule has 0 aromatic heterocycles. The first-order valence-electron chi connectivity index (χ1n) is 3.19. The molecule has 47 valence electrons. The van der Waals surface area contributed by atoms with E-state index in [1.807, 2.05) is 0 Å². The molecule has 0 nitrogen and oxygen atoms in total. The highest BCUT2D eigenvalue weighted by molar-refractivity contribution is 7.41. The summed E-state index contributed by atoms with van der Waals surface area (Å²) >= 11 is 0. The Labute approximate surface area is 54.2 Å². The zero-order valence-corrected chi connectivity index (χ0v) is 6.62. The van der Waals surface area contributed by atoms with E-state index in [0.717, 1.165) is 0 Å². The van der Waals surface area contributed by atoms with Crippen molar-refractivity contribution in [2.75, 3.05) is 6.16 Å². The summed E-state index contributed by atoms with van der Waals surface area (Å²) in [5.74, 6) is 2.20. The Balaban J connectivity index is 2.72. The molecule has 1 radical (unpaired) electrons. The second kappa shape index (κ2) is 7.17. The topological polar surface area (TPSA) is 0 Å². The molecule has 0 aliphatic rings. The van der Waals surface area contributed by atoms with E-state index in [-0.39, 0.29) is 0 Å². The molecule has 0 saturated carbocycles. The molecule has 0 fully saturated rings. The summed E-state index contributed by atoms with van der Waals surface area (Å²) in [6.45, 7) is 4.30. The Morgan fingerprint density at radius 3 is 2.75 bits per heavy atom. The standard InChI is InChI=1S/C7H14P/c1-3-5-7-8-6-4-2/h4,6H,3,5,7H2,1-2H3. The van der Waals surface area contributed by atoms with Crippen LogP contribution in [0.4, 0.5) is 0 Å². The number of rotatable bonds is 4. The highest BCUT2D eigenvalue weighted by Gasteiger charge is 1.79. The maximum Gasteiger partial charge on any atom is -0.0250 e. The van der Waals surface area contributed by atoms with Gasteiger partial charge < -0.3 is 0 Å². The first kappa shape index (κ1) is 8.17. The summed E-state index contributed by atoms with van der Waals surface area (Å²) in [5, 5.41) is 0. The van der Waals surface area contributed by atoms with Gasteiger partial charge >= 0.3 is 0 Å². The lowest BCUT2D eigenvalue weighted by Gasteiger charge is -1.88. The Hall–Kier alpha value is 0.170. The molecule has 1 heteroatoms. The quantitative estimate of drug-likeness (QED) is 0.403.